The Balaban J connectivity index is 2.40. The quantitative estimate of drug-likeness (QED) is 0.624. The van der Waals surface area contributed by atoms with Crippen LogP contribution in [0.15, 0.2) is 36.8 Å². The van der Waals surface area contributed by atoms with E-state index >= 15 is 0 Å². The number of imidazole rings is 1. The molecule has 0 saturated heterocycles. The number of aromatic nitrogens is 2. The molecule has 0 N–H and O–H groups in total. The summed E-state index contributed by atoms with van der Waals surface area (Å²) in [6.07, 6.45) is 8.43. The van der Waals surface area contributed by atoms with Gasteiger partial charge in [0.25, 0.3) is 0 Å². The number of benzene rings is 1. The molecule has 2 rings (SSSR count). The third kappa shape index (κ3) is 1.50. The van der Waals surface area contributed by atoms with Crippen molar-refractivity contribution < 1.29 is 4.39 Å². The van der Waals surface area contributed by atoms with Crippen LogP contribution in [0.5, 0.6) is 0 Å². The summed E-state index contributed by atoms with van der Waals surface area (Å²) < 4.78 is 14.1. The molecule has 0 bridgehead atoms. The molecule has 0 amide bonds. The van der Waals surface area contributed by atoms with Crippen LogP contribution in [-0.2, 0) is 0 Å². The minimum Gasteiger partial charge on any atom is -0.265 e. The highest BCUT2D eigenvalue weighted by molar-refractivity contribution is 5.58. The van der Waals surface area contributed by atoms with E-state index in [1.807, 2.05) is 0 Å². The normalized spacial score (nSPS) is 9.71. The van der Waals surface area contributed by atoms with Gasteiger partial charge in [-0.1, -0.05) is 6.42 Å². The maximum Gasteiger partial charge on any atom is 0.123 e. The van der Waals surface area contributed by atoms with E-state index in [0.29, 0.717) is 0 Å². The molecule has 14 heavy (non-hydrogen) atoms. The van der Waals surface area contributed by atoms with Crippen LogP contribution in [0, 0.1) is 18.3 Å². The fourth-order valence-electron chi connectivity index (χ4n) is 1.16. The Morgan fingerprint density at radius 1 is 1.29 bits per heavy atom. The first-order chi connectivity index (χ1) is 6.79. The summed E-state index contributed by atoms with van der Waals surface area (Å²) in [5.74, 6) is -0.259. The molecule has 0 aliphatic carbocycles. The van der Waals surface area contributed by atoms with Gasteiger partial charge in [0.1, 0.15) is 12.1 Å². The lowest BCUT2D eigenvalue weighted by Crippen LogP contribution is -1.79. The number of rotatable bonds is 1. The second kappa shape index (κ2) is 3.35. The Labute approximate surface area is 81.0 Å². The topological polar surface area (TPSA) is 17.8 Å². The molecule has 1 heterocycles. The summed E-state index contributed by atoms with van der Waals surface area (Å²) in [5.41, 5.74) is 1.59. The fourth-order valence-corrected chi connectivity index (χ4v) is 1.16. The Hall–Kier alpha value is -2.08. The maximum absolute atomic E-state index is 12.6. The molecule has 0 unspecified atom stereocenters. The summed E-state index contributed by atoms with van der Waals surface area (Å²) in [6, 6.07) is 8.53. The van der Waals surface area contributed by atoms with Gasteiger partial charge in [0.15, 0.2) is 0 Å². The second-order valence-electron chi connectivity index (χ2n) is 2.80. The highest BCUT2D eigenvalue weighted by atomic mass is 19.1. The average molecular weight is 186 g/mol. The van der Waals surface area contributed by atoms with Crippen LogP contribution in [0.3, 0.4) is 0 Å². The van der Waals surface area contributed by atoms with Gasteiger partial charge >= 0.3 is 0 Å². The number of halogens is 1. The molecule has 2 nitrogen and oxygen atoms in total. The van der Waals surface area contributed by atoms with Crippen molar-refractivity contribution in [2.24, 2.45) is 0 Å². The van der Waals surface area contributed by atoms with E-state index in [-0.39, 0.29) is 5.82 Å². The standard InChI is InChI=1S/C11H7FN2/c1-2-14-7-11(13-8-14)9-3-5-10(12)6-4-9/h1,3-8H. The number of hydrogen-bond acceptors (Lipinski definition) is 1. The minimum absolute atomic E-state index is 0.259. The largest absolute Gasteiger partial charge is 0.265 e. The number of hydrogen-bond donors (Lipinski definition) is 0. The first-order valence-electron chi connectivity index (χ1n) is 4.06. The van der Waals surface area contributed by atoms with Crippen molar-refractivity contribution in [3.8, 4) is 23.7 Å². The molecule has 0 spiro atoms. The zero-order valence-electron chi connectivity index (χ0n) is 7.31. The third-order valence-corrected chi connectivity index (χ3v) is 1.87. The van der Waals surface area contributed by atoms with E-state index in [0.717, 1.165) is 11.3 Å². The van der Waals surface area contributed by atoms with Crippen molar-refractivity contribution in [3.05, 3.63) is 42.6 Å². The van der Waals surface area contributed by atoms with E-state index < -0.39 is 0 Å². The molecule has 0 saturated carbocycles. The maximum atomic E-state index is 12.6. The van der Waals surface area contributed by atoms with Crippen molar-refractivity contribution in [2.45, 2.75) is 0 Å². The van der Waals surface area contributed by atoms with Gasteiger partial charge in [-0.05, 0) is 24.3 Å². The van der Waals surface area contributed by atoms with Crippen molar-refractivity contribution in [1.29, 1.82) is 0 Å². The predicted molar refractivity (Wildman–Crippen MR) is 51.9 cm³/mol. The molecule has 0 aliphatic heterocycles. The van der Waals surface area contributed by atoms with E-state index in [1.165, 1.54) is 16.7 Å². The van der Waals surface area contributed by atoms with Crippen molar-refractivity contribution in [3.63, 3.8) is 0 Å². The van der Waals surface area contributed by atoms with Crippen LogP contribution in [0.2, 0.25) is 0 Å². The Morgan fingerprint density at radius 2 is 2.00 bits per heavy atom. The molecular weight excluding hydrogens is 179 g/mol. The highest BCUT2D eigenvalue weighted by Crippen LogP contribution is 2.16. The van der Waals surface area contributed by atoms with Crippen LogP contribution in [-0.4, -0.2) is 9.55 Å². The Bertz CT molecular complexity index is 477. The van der Waals surface area contributed by atoms with E-state index in [1.54, 1.807) is 24.7 Å². The van der Waals surface area contributed by atoms with Gasteiger partial charge in [0.2, 0.25) is 0 Å². The lowest BCUT2D eigenvalue weighted by Gasteiger charge is -1.94. The van der Waals surface area contributed by atoms with Gasteiger partial charge in [0.05, 0.1) is 5.69 Å². The fraction of sp³-hybridized carbons (Fsp3) is 0. The number of nitrogens with zero attached hydrogens (tertiary/aromatic N) is 2. The van der Waals surface area contributed by atoms with Crippen molar-refractivity contribution in [2.75, 3.05) is 0 Å². The average Bonchev–Trinajstić information content (AvgIpc) is 2.67. The first-order valence-corrected chi connectivity index (χ1v) is 4.06. The zero-order chi connectivity index (χ0) is 9.97. The van der Waals surface area contributed by atoms with E-state index in [2.05, 4.69) is 11.0 Å². The van der Waals surface area contributed by atoms with Crippen LogP contribution in [0.1, 0.15) is 0 Å². The summed E-state index contributed by atoms with van der Waals surface area (Å²) in [6.45, 7) is 0. The molecule has 0 fully saturated rings. The molecule has 1 aromatic carbocycles. The Kier molecular flexibility index (Phi) is 2.04. The van der Waals surface area contributed by atoms with E-state index in [9.17, 15) is 4.39 Å². The Morgan fingerprint density at radius 3 is 2.57 bits per heavy atom. The smallest absolute Gasteiger partial charge is 0.123 e. The summed E-state index contributed by atoms with van der Waals surface area (Å²) in [7, 11) is 0. The summed E-state index contributed by atoms with van der Waals surface area (Å²) >= 11 is 0. The van der Waals surface area contributed by atoms with Crippen LogP contribution < -0.4 is 0 Å². The van der Waals surface area contributed by atoms with Gasteiger partial charge in [-0.2, -0.15) is 0 Å². The molecule has 0 atom stereocenters. The lowest BCUT2D eigenvalue weighted by atomic mass is 10.2. The van der Waals surface area contributed by atoms with Gasteiger partial charge in [-0.3, -0.25) is 4.57 Å². The summed E-state index contributed by atoms with van der Waals surface area (Å²) in [5, 5.41) is 0. The van der Waals surface area contributed by atoms with Gasteiger partial charge in [-0.25, -0.2) is 9.37 Å². The monoisotopic (exact) mass is 186 g/mol. The van der Waals surface area contributed by atoms with Gasteiger partial charge < -0.3 is 0 Å². The molecular formula is C11H7FN2. The number of terminal acetylenes is 1. The van der Waals surface area contributed by atoms with Gasteiger partial charge in [0, 0.05) is 17.8 Å². The van der Waals surface area contributed by atoms with Crippen molar-refractivity contribution >= 4 is 0 Å². The molecule has 0 aliphatic rings. The molecule has 0 radical (unpaired) electrons. The minimum atomic E-state index is -0.259. The highest BCUT2D eigenvalue weighted by Gasteiger charge is 2.00. The van der Waals surface area contributed by atoms with Crippen LogP contribution in [0.4, 0.5) is 4.39 Å². The van der Waals surface area contributed by atoms with Crippen LogP contribution >= 0.6 is 0 Å². The molecule has 68 valence electrons. The third-order valence-electron chi connectivity index (χ3n) is 1.87. The van der Waals surface area contributed by atoms with Crippen molar-refractivity contribution in [1.82, 2.24) is 9.55 Å². The second-order valence-corrected chi connectivity index (χ2v) is 2.80. The van der Waals surface area contributed by atoms with E-state index in [4.69, 9.17) is 6.42 Å². The SMILES string of the molecule is C#Cn1cnc(-c2ccc(F)cc2)c1. The van der Waals surface area contributed by atoms with Crippen LogP contribution in [0.25, 0.3) is 11.3 Å². The summed E-state index contributed by atoms with van der Waals surface area (Å²) in [4.78, 5) is 4.08. The molecule has 1 aromatic heterocycles. The first kappa shape index (κ1) is 8.52. The predicted octanol–water partition coefficient (Wildman–Crippen LogP) is 2.13. The molecule has 2 aromatic rings. The zero-order valence-corrected chi connectivity index (χ0v) is 7.31. The lowest BCUT2D eigenvalue weighted by molar-refractivity contribution is 0.628. The van der Waals surface area contributed by atoms with Gasteiger partial charge in [-0.15, -0.1) is 0 Å². The molecule has 3 heteroatoms.